The van der Waals surface area contributed by atoms with Crippen molar-refractivity contribution in [3.05, 3.63) is 536 Å². The van der Waals surface area contributed by atoms with Gasteiger partial charge in [-0.1, -0.05) is 379 Å². The molecule has 0 amide bonds. The predicted octanol–water partition coefficient (Wildman–Crippen LogP) is 29.0. The van der Waals surface area contributed by atoms with E-state index in [2.05, 4.69) is 461 Å². The van der Waals surface area contributed by atoms with Crippen LogP contribution in [0.25, 0.3) is 66.8 Å². The minimum Gasteiger partial charge on any atom is -0.310 e. The maximum atomic E-state index is 2.61. The van der Waals surface area contributed by atoms with Crippen LogP contribution < -0.4 is 9.80 Å². The molecule has 0 fully saturated rings. The van der Waals surface area contributed by atoms with Gasteiger partial charge >= 0.3 is 0 Å². The summed E-state index contributed by atoms with van der Waals surface area (Å²) in [7, 11) is 0. The fourth-order valence-corrected chi connectivity index (χ4v) is 24.5. The Balaban J connectivity index is 0.693. The highest BCUT2D eigenvalue weighted by molar-refractivity contribution is 6.00. The SMILES string of the molecule is CC1(C)CC(C)(c2cccc(N(c3ccc4c(c3)C(c3ccccc3)(c3ccccc3)c3ccccc3-4)c3ccc4c(c3)C3(c5ccccc5-c5ccccc53)c3ccccc3-4)c2)c2ccc(N(c3ccc4c(c3)C(c3ccccc3)(c3ccccc3)c3ccccc3-4)c3ccc4c(c3)C3(c5ccccc5-c5ccccc53)c3ccccc3-4)cc21. The molecule has 1 unspecified atom stereocenters. The Morgan fingerprint density at radius 3 is 0.667 bits per heavy atom. The summed E-state index contributed by atoms with van der Waals surface area (Å²) in [6, 6.07) is 165. The molecule has 0 aromatic heterocycles. The van der Waals surface area contributed by atoms with E-state index in [-0.39, 0.29) is 5.41 Å². The predicted molar refractivity (Wildman–Crippen MR) is 494 cm³/mol. The van der Waals surface area contributed by atoms with Crippen LogP contribution >= 0.6 is 0 Å². The molecule has 25 rings (SSSR count). The molecule has 7 aliphatic carbocycles. The number of rotatable bonds is 11. The third kappa shape index (κ3) is 8.97. The molecule has 564 valence electrons. The van der Waals surface area contributed by atoms with Crippen LogP contribution in [0, 0.1) is 0 Å². The molecule has 2 heteroatoms. The molecule has 0 saturated heterocycles. The van der Waals surface area contributed by atoms with Gasteiger partial charge in [-0.25, -0.2) is 0 Å². The van der Waals surface area contributed by atoms with Crippen molar-refractivity contribution in [1.29, 1.82) is 0 Å². The molecule has 0 bridgehead atoms. The van der Waals surface area contributed by atoms with Crippen LogP contribution in [0.3, 0.4) is 0 Å². The zero-order chi connectivity index (χ0) is 79.4. The van der Waals surface area contributed by atoms with Crippen LogP contribution in [0.1, 0.15) is 133 Å². The standard InChI is InChI=1S/C118H82N2/c1-113(2)75-114(3,80-41-32-42-81(69-80)119(82-59-64-95-91-47-16-24-51-99(91)115(108(95)70-82,76-33-8-4-9-34-76)77-35-10-5-11-36-77)84-61-66-97-93-49-22-30-57-105(93)117(110(97)72-84)101-53-26-18-43-87(101)88-44-19-27-54-102(88)117)107-68-63-86(74-112(107)113)120(83-60-65-96-92-48-17-25-52-100(92)116(109(96)71-83,78-37-12-6-13-38-78)79-39-14-7-15-40-79)85-62-67-98-94-50-23-31-58-106(94)118(111(98)73-85)103-55-28-20-45-89(103)90-46-21-29-56-104(90)118/h4-74H,75H2,1-3H3. The van der Waals surface area contributed by atoms with Crippen LogP contribution in [-0.4, -0.2) is 0 Å². The average Bonchev–Trinajstić information content (AvgIpc) is 1.51. The van der Waals surface area contributed by atoms with Gasteiger partial charge in [0.05, 0.1) is 21.7 Å². The van der Waals surface area contributed by atoms with Gasteiger partial charge in [0.2, 0.25) is 0 Å². The second-order valence-electron chi connectivity index (χ2n) is 35.1. The normalized spacial score (nSPS) is 16.5. The van der Waals surface area contributed by atoms with Crippen LogP contribution in [0.5, 0.6) is 0 Å². The number of hydrogen-bond acceptors (Lipinski definition) is 2. The zero-order valence-electron chi connectivity index (χ0n) is 67.1. The first kappa shape index (κ1) is 68.8. The third-order valence-electron chi connectivity index (χ3n) is 29.0. The second kappa shape index (κ2) is 25.3. The van der Waals surface area contributed by atoms with E-state index in [4.69, 9.17) is 0 Å². The molecule has 120 heavy (non-hydrogen) atoms. The van der Waals surface area contributed by atoms with Crippen LogP contribution in [0.15, 0.2) is 431 Å². The Morgan fingerprint density at radius 2 is 0.375 bits per heavy atom. The van der Waals surface area contributed by atoms with Gasteiger partial charge in [0.25, 0.3) is 0 Å². The lowest BCUT2D eigenvalue weighted by Gasteiger charge is -2.35. The summed E-state index contributed by atoms with van der Waals surface area (Å²) in [5.74, 6) is 0. The van der Waals surface area contributed by atoms with E-state index in [1.54, 1.807) is 0 Å². The van der Waals surface area contributed by atoms with Gasteiger partial charge in [-0.3, -0.25) is 0 Å². The minimum absolute atomic E-state index is 0.276. The van der Waals surface area contributed by atoms with E-state index in [1.165, 1.54) is 172 Å². The molecular formula is C118H82N2. The van der Waals surface area contributed by atoms with Crippen molar-refractivity contribution in [3.8, 4) is 66.8 Å². The highest BCUT2D eigenvalue weighted by atomic mass is 15.2. The molecule has 1 atom stereocenters. The van der Waals surface area contributed by atoms with Gasteiger partial charge in [0.15, 0.2) is 0 Å². The number of benzene rings is 18. The summed E-state index contributed by atoms with van der Waals surface area (Å²) in [5.41, 5.74) is 43.5. The quantitative estimate of drug-likeness (QED) is 0.127. The van der Waals surface area contributed by atoms with Gasteiger partial charge in [-0.2, -0.15) is 0 Å². The van der Waals surface area contributed by atoms with Crippen molar-refractivity contribution in [2.45, 2.75) is 59.7 Å². The number of anilines is 6. The Morgan fingerprint density at radius 1 is 0.158 bits per heavy atom. The molecule has 0 heterocycles. The molecule has 0 N–H and O–H groups in total. The van der Waals surface area contributed by atoms with Crippen molar-refractivity contribution in [2.75, 3.05) is 9.80 Å². The summed E-state index contributed by atoms with van der Waals surface area (Å²) < 4.78 is 0. The molecule has 0 radical (unpaired) electrons. The lowest BCUT2D eigenvalue weighted by molar-refractivity contribution is 0.425. The Kier molecular flexibility index (Phi) is 14.5. The van der Waals surface area contributed by atoms with E-state index in [0.717, 1.165) is 40.5 Å². The van der Waals surface area contributed by atoms with Gasteiger partial charge in [-0.15, -0.1) is 0 Å². The first-order valence-electron chi connectivity index (χ1n) is 42.6. The summed E-state index contributed by atoms with van der Waals surface area (Å²) in [6.45, 7) is 7.53. The molecule has 0 aliphatic heterocycles. The van der Waals surface area contributed by atoms with Crippen LogP contribution in [0.2, 0.25) is 0 Å². The Bertz CT molecular complexity index is 6920. The molecular weight excluding hydrogens is 1450 g/mol. The smallest absolute Gasteiger partial charge is 0.0726 e. The van der Waals surface area contributed by atoms with E-state index < -0.39 is 27.1 Å². The molecule has 2 nitrogen and oxygen atoms in total. The van der Waals surface area contributed by atoms with Crippen LogP contribution in [-0.2, 0) is 32.5 Å². The molecule has 7 aliphatic rings. The highest BCUT2D eigenvalue weighted by Crippen LogP contribution is 2.68. The van der Waals surface area contributed by atoms with Gasteiger partial charge in [0, 0.05) is 39.5 Å². The lowest BCUT2D eigenvalue weighted by Crippen LogP contribution is -2.28. The van der Waals surface area contributed by atoms with Crippen molar-refractivity contribution < 1.29 is 0 Å². The largest absolute Gasteiger partial charge is 0.310 e. The molecule has 0 saturated carbocycles. The Hall–Kier alpha value is -14.4. The maximum Gasteiger partial charge on any atom is 0.0726 e. The molecule has 18 aromatic carbocycles. The Labute approximate surface area is 702 Å². The van der Waals surface area contributed by atoms with Crippen molar-refractivity contribution >= 4 is 34.1 Å². The van der Waals surface area contributed by atoms with Gasteiger partial charge in [-0.05, 0) is 257 Å². The lowest BCUT2D eigenvalue weighted by atomic mass is 9.67. The summed E-state index contributed by atoms with van der Waals surface area (Å²) >= 11 is 0. The number of nitrogens with zero attached hydrogens (tertiary/aromatic N) is 2. The number of hydrogen-bond donors (Lipinski definition) is 0. The minimum atomic E-state index is -0.621. The number of fused-ring (bicyclic) bond motifs is 27. The maximum absolute atomic E-state index is 2.61. The summed E-state index contributed by atoms with van der Waals surface area (Å²) in [6.07, 6.45) is 0.890. The fraction of sp³-hybridized carbons (Fsp3) is 0.0847. The summed E-state index contributed by atoms with van der Waals surface area (Å²) in [5, 5.41) is 0. The third-order valence-corrected chi connectivity index (χ3v) is 29.0. The van der Waals surface area contributed by atoms with E-state index in [0.29, 0.717) is 0 Å². The first-order chi connectivity index (χ1) is 59.1. The zero-order valence-corrected chi connectivity index (χ0v) is 67.1. The highest BCUT2D eigenvalue weighted by Gasteiger charge is 2.56. The first-order valence-corrected chi connectivity index (χ1v) is 42.6. The fourth-order valence-electron chi connectivity index (χ4n) is 24.5. The van der Waals surface area contributed by atoms with E-state index in [1.807, 2.05) is 0 Å². The molecule has 2 spiro atoms. The van der Waals surface area contributed by atoms with Crippen molar-refractivity contribution in [3.63, 3.8) is 0 Å². The topological polar surface area (TPSA) is 6.48 Å². The van der Waals surface area contributed by atoms with Gasteiger partial charge < -0.3 is 9.80 Å². The average molecular weight is 1530 g/mol. The van der Waals surface area contributed by atoms with E-state index in [9.17, 15) is 0 Å². The van der Waals surface area contributed by atoms with E-state index >= 15 is 0 Å². The van der Waals surface area contributed by atoms with Gasteiger partial charge in [0.1, 0.15) is 0 Å². The molecule has 18 aromatic rings. The summed E-state index contributed by atoms with van der Waals surface area (Å²) in [4.78, 5) is 5.21. The second-order valence-corrected chi connectivity index (χ2v) is 35.1. The van der Waals surface area contributed by atoms with Crippen molar-refractivity contribution in [1.82, 2.24) is 0 Å². The van der Waals surface area contributed by atoms with Crippen molar-refractivity contribution in [2.24, 2.45) is 0 Å². The van der Waals surface area contributed by atoms with Crippen LogP contribution in [0.4, 0.5) is 34.1 Å². The monoisotopic (exact) mass is 1530 g/mol.